The fourth-order valence-electron chi connectivity index (χ4n) is 3.29. The Hall–Kier alpha value is -3.32. The number of methoxy groups -OCH3 is 1. The Morgan fingerprint density at radius 1 is 1.00 bits per heavy atom. The minimum atomic E-state index is -3.88. The molecule has 1 atom stereocenters. The highest BCUT2D eigenvalue weighted by Crippen LogP contribution is 2.28. The lowest BCUT2D eigenvalue weighted by Gasteiger charge is -2.15. The van der Waals surface area contributed by atoms with Crippen molar-refractivity contribution in [2.24, 2.45) is 0 Å². The van der Waals surface area contributed by atoms with Crippen LogP contribution in [0.1, 0.15) is 30.4 Å². The first-order valence-corrected chi connectivity index (χ1v) is 11.4. The molecule has 3 rings (SSSR count). The van der Waals surface area contributed by atoms with Crippen LogP contribution < -0.4 is 14.8 Å². The van der Waals surface area contributed by atoms with E-state index in [2.05, 4.69) is 10.0 Å². The summed E-state index contributed by atoms with van der Waals surface area (Å²) in [6.07, 6.45) is 0.291. The molecule has 0 heterocycles. The SMILES string of the molecule is COc1ccccc1NS(=O)(=O)c1cc(NC(=O)C[C@H](C)c2ccccc2)ccc1C. The van der Waals surface area contributed by atoms with Crippen molar-refractivity contribution >= 4 is 27.3 Å². The van der Waals surface area contributed by atoms with Crippen LogP contribution in [-0.2, 0) is 14.8 Å². The minimum absolute atomic E-state index is 0.0436. The Kier molecular flexibility index (Phi) is 6.97. The quantitative estimate of drug-likeness (QED) is 0.522. The lowest BCUT2D eigenvalue weighted by molar-refractivity contribution is -0.116. The molecule has 0 fully saturated rings. The number of rotatable bonds is 8. The molecule has 7 heteroatoms. The molecule has 0 saturated heterocycles. The number of benzene rings is 3. The van der Waals surface area contributed by atoms with Crippen LogP contribution in [0.4, 0.5) is 11.4 Å². The smallest absolute Gasteiger partial charge is 0.262 e. The average Bonchev–Trinajstić information content (AvgIpc) is 2.75. The largest absolute Gasteiger partial charge is 0.495 e. The molecule has 6 nitrogen and oxygen atoms in total. The van der Waals surface area contributed by atoms with Gasteiger partial charge in [-0.25, -0.2) is 8.42 Å². The zero-order valence-corrected chi connectivity index (χ0v) is 18.6. The van der Waals surface area contributed by atoms with Gasteiger partial charge >= 0.3 is 0 Å². The summed E-state index contributed by atoms with van der Waals surface area (Å²) < 4.78 is 33.8. The van der Waals surface area contributed by atoms with Gasteiger partial charge in [-0.2, -0.15) is 0 Å². The van der Waals surface area contributed by atoms with Crippen molar-refractivity contribution in [3.05, 3.63) is 83.9 Å². The van der Waals surface area contributed by atoms with Crippen LogP contribution in [0.3, 0.4) is 0 Å². The number of hydrogen-bond donors (Lipinski definition) is 2. The van der Waals surface area contributed by atoms with E-state index in [4.69, 9.17) is 4.74 Å². The fourth-order valence-corrected chi connectivity index (χ4v) is 4.63. The summed E-state index contributed by atoms with van der Waals surface area (Å²) in [5.74, 6) is 0.284. The third-order valence-electron chi connectivity index (χ3n) is 4.97. The van der Waals surface area contributed by atoms with Crippen LogP contribution in [0.15, 0.2) is 77.7 Å². The molecule has 0 bridgehead atoms. The molecule has 3 aromatic carbocycles. The molecular formula is C24H26N2O4S. The summed E-state index contributed by atoms with van der Waals surface area (Å²) in [5, 5.41) is 2.81. The molecule has 0 spiro atoms. The van der Waals surface area contributed by atoms with E-state index >= 15 is 0 Å². The van der Waals surface area contributed by atoms with Crippen molar-refractivity contribution in [1.29, 1.82) is 0 Å². The summed E-state index contributed by atoms with van der Waals surface area (Å²) in [6, 6.07) is 21.4. The van der Waals surface area contributed by atoms with Crippen LogP contribution in [0.5, 0.6) is 5.75 Å². The normalized spacial score (nSPS) is 12.1. The van der Waals surface area contributed by atoms with E-state index in [9.17, 15) is 13.2 Å². The van der Waals surface area contributed by atoms with Gasteiger partial charge in [0.15, 0.2) is 0 Å². The van der Waals surface area contributed by atoms with Gasteiger partial charge < -0.3 is 10.1 Å². The molecular weight excluding hydrogens is 412 g/mol. The molecule has 0 aromatic heterocycles. The van der Waals surface area contributed by atoms with E-state index in [0.29, 0.717) is 29.1 Å². The Morgan fingerprint density at radius 2 is 1.68 bits per heavy atom. The lowest BCUT2D eigenvalue weighted by Crippen LogP contribution is -2.17. The Morgan fingerprint density at radius 3 is 2.39 bits per heavy atom. The first-order valence-electron chi connectivity index (χ1n) is 9.91. The van der Waals surface area contributed by atoms with Gasteiger partial charge in [0.2, 0.25) is 5.91 Å². The van der Waals surface area contributed by atoms with Crippen molar-refractivity contribution in [2.75, 3.05) is 17.1 Å². The summed E-state index contributed by atoms with van der Waals surface area (Å²) in [5.41, 5.74) is 2.41. The van der Waals surface area contributed by atoms with E-state index in [0.717, 1.165) is 5.56 Å². The number of aryl methyl sites for hydroxylation is 1. The second-order valence-corrected chi connectivity index (χ2v) is 9.00. The Bertz CT molecular complexity index is 1160. The number of ether oxygens (including phenoxy) is 1. The van der Waals surface area contributed by atoms with E-state index < -0.39 is 10.0 Å². The van der Waals surface area contributed by atoms with Gasteiger partial charge in [-0.15, -0.1) is 0 Å². The van der Waals surface area contributed by atoms with Crippen molar-refractivity contribution in [3.63, 3.8) is 0 Å². The first kappa shape index (κ1) is 22.4. The molecule has 0 saturated carbocycles. The predicted molar refractivity (Wildman–Crippen MR) is 123 cm³/mol. The standard InChI is InChI=1S/C24H26N2O4S/c1-17-13-14-20(25-24(27)15-18(2)19-9-5-4-6-10-19)16-23(17)31(28,29)26-21-11-7-8-12-22(21)30-3/h4-14,16,18,26H,15H2,1-3H3,(H,25,27)/t18-/m0/s1. The molecule has 2 N–H and O–H groups in total. The summed E-state index contributed by atoms with van der Waals surface area (Å²) in [7, 11) is -2.41. The fraction of sp³-hybridized carbons (Fsp3) is 0.208. The third kappa shape index (κ3) is 5.64. The van der Waals surface area contributed by atoms with E-state index in [1.807, 2.05) is 37.3 Å². The Labute approximate surface area is 183 Å². The number of nitrogens with one attached hydrogen (secondary N) is 2. The topological polar surface area (TPSA) is 84.5 Å². The second kappa shape index (κ2) is 9.66. The highest BCUT2D eigenvalue weighted by atomic mass is 32.2. The zero-order chi connectivity index (χ0) is 22.4. The second-order valence-electron chi connectivity index (χ2n) is 7.35. The number of sulfonamides is 1. The molecule has 31 heavy (non-hydrogen) atoms. The predicted octanol–water partition coefficient (Wildman–Crippen LogP) is 4.94. The van der Waals surface area contributed by atoms with Gasteiger partial charge in [0, 0.05) is 12.1 Å². The van der Waals surface area contributed by atoms with Gasteiger partial charge in [-0.3, -0.25) is 9.52 Å². The molecule has 1 amide bonds. The van der Waals surface area contributed by atoms with Crippen LogP contribution in [0.25, 0.3) is 0 Å². The van der Waals surface area contributed by atoms with Crippen LogP contribution in [-0.4, -0.2) is 21.4 Å². The van der Waals surface area contributed by atoms with Gasteiger partial charge in [-0.1, -0.05) is 55.5 Å². The molecule has 0 aliphatic rings. The molecule has 0 radical (unpaired) electrons. The number of carbonyl (C=O) groups excluding carboxylic acids is 1. The maximum atomic E-state index is 13.0. The van der Waals surface area contributed by atoms with Crippen LogP contribution in [0.2, 0.25) is 0 Å². The molecule has 0 aliphatic heterocycles. The number of para-hydroxylation sites is 2. The lowest BCUT2D eigenvalue weighted by atomic mass is 9.97. The summed E-state index contributed by atoms with van der Waals surface area (Å²) in [4.78, 5) is 12.6. The number of hydrogen-bond acceptors (Lipinski definition) is 4. The number of carbonyl (C=O) groups is 1. The number of amides is 1. The maximum Gasteiger partial charge on any atom is 0.262 e. The zero-order valence-electron chi connectivity index (χ0n) is 17.8. The molecule has 162 valence electrons. The van der Waals surface area contributed by atoms with Crippen LogP contribution >= 0.6 is 0 Å². The van der Waals surface area contributed by atoms with Crippen LogP contribution in [0, 0.1) is 6.92 Å². The highest BCUT2D eigenvalue weighted by Gasteiger charge is 2.20. The van der Waals surface area contributed by atoms with Crippen molar-refractivity contribution in [1.82, 2.24) is 0 Å². The van der Waals surface area contributed by atoms with Gasteiger partial charge in [0.25, 0.3) is 10.0 Å². The maximum absolute atomic E-state index is 13.0. The monoisotopic (exact) mass is 438 g/mol. The molecule has 0 unspecified atom stereocenters. The number of anilines is 2. The van der Waals surface area contributed by atoms with Crippen molar-refractivity contribution in [3.8, 4) is 5.75 Å². The van der Waals surface area contributed by atoms with Gasteiger partial charge in [0.05, 0.1) is 17.7 Å². The van der Waals surface area contributed by atoms with E-state index in [1.54, 1.807) is 43.3 Å². The minimum Gasteiger partial charge on any atom is -0.495 e. The molecule has 0 aliphatic carbocycles. The highest BCUT2D eigenvalue weighted by molar-refractivity contribution is 7.92. The van der Waals surface area contributed by atoms with Crippen molar-refractivity contribution in [2.45, 2.75) is 31.1 Å². The van der Waals surface area contributed by atoms with E-state index in [1.165, 1.54) is 13.2 Å². The first-order chi connectivity index (χ1) is 14.8. The Balaban J connectivity index is 1.77. The van der Waals surface area contributed by atoms with Crippen molar-refractivity contribution < 1.29 is 17.9 Å². The average molecular weight is 439 g/mol. The summed E-state index contributed by atoms with van der Waals surface area (Å²) >= 11 is 0. The van der Waals surface area contributed by atoms with E-state index in [-0.39, 0.29) is 16.7 Å². The summed E-state index contributed by atoms with van der Waals surface area (Å²) in [6.45, 7) is 3.69. The van der Waals surface area contributed by atoms with Gasteiger partial charge in [0.1, 0.15) is 5.75 Å². The van der Waals surface area contributed by atoms with Gasteiger partial charge in [-0.05, 0) is 48.2 Å². The molecule has 3 aromatic rings. The third-order valence-corrected chi connectivity index (χ3v) is 6.48.